The molecule has 20 heavy (non-hydrogen) atoms. The summed E-state index contributed by atoms with van der Waals surface area (Å²) in [5, 5.41) is 2.92. The van der Waals surface area contributed by atoms with Gasteiger partial charge in [-0.2, -0.15) is 0 Å². The lowest BCUT2D eigenvalue weighted by atomic mass is 10.3. The summed E-state index contributed by atoms with van der Waals surface area (Å²) in [6, 6.07) is 5.65. The number of carbonyl (C=O) groups is 1. The molecule has 0 atom stereocenters. The predicted octanol–water partition coefficient (Wildman–Crippen LogP) is 3.85. The van der Waals surface area contributed by atoms with E-state index in [1.807, 2.05) is 16.7 Å². The topological polar surface area (TPSA) is 45.2 Å². The standard InChI is InChI=1S/C14H15N3OS2/c1-2-11-9-12-13(20-11)19-8-7-17(12)14(18)16-10-3-5-15-6-4-10/h3-6,9H,2,7-8H2,1H3,(H,15,16,18). The number of hydrogen-bond donors (Lipinski definition) is 1. The third-order valence-electron chi connectivity index (χ3n) is 3.09. The molecule has 2 amide bonds. The molecule has 2 aromatic rings. The van der Waals surface area contributed by atoms with Crippen LogP contribution in [0.4, 0.5) is 16.2 Å². The molecule has 0 saturated heterocycles. The number of pyridine rings is 1. The molecule has 4 nitrogen and oxygen atoms in total. The number of thioether (sulfide) groups is 1. The van der Waals surface area contributed by atoms with Crippen LogP contribution in [0.2, 0.25) is 0 Å². The summed E-state index contributed by atoms with van der Waals surface area (Å²) in [5.41, 5.74) is 1.82. The van der Waals surface area contributed by atoms with Crippen LogP contribution in [0.15, 0.2) is 34.8 Å². The largest absolute Gasteiger partial charge is 0.326 e. The zero-order chi connectivity index (χ0) is 13.9. The normalized spacial score (nSPS) is 13.9. The number of anilines is 2. The molecule has 1 aliphatic rings. The number of fused-ring (bicyclic) bond motifs is 1. The van der Waals surface area contributed by atoms with Gasteiger partial charge in [-0.25, -0.2) is 4.79 Å². The lowest BCUT2D eigenvalue weighted by Crippen LogP contribution is -2.38. The highest BCUT2D eigenvalue weighted by molar-refractivity contribution is 8.01. The highest BCUT2D eigenvalue weighted by Crippen LogP contribution is 2.41. The summed E-state index contributed by atoms with van der Waals surface area (Å²) in [5.74, 6) is 0.945. The van der Waals surface area contributed by atoms with E-state index in [1.165, 1.54) is 9.09 Å². The zero-order valence-corrected chi connectivity index (χ0v) is 12.8. The maximum Gasteiger partial charge on any atom is 0.326 e. The van der Waals surface area contributed by atoms with Gasteiger partial charge in [0.25, 0.3) is 0 Å². The van der Waals surface area contributed by atoms with Gasteiger partial charge in [0, 0.05) is 35.3 Å². The maximum atomic E-state index is 12.4. The Labute approximate surface area is 126 Å². The van der Waals surface area contributed by atoms with Gasteiger partial charge in [0.15, 0.2) is 0 Å². The van der Waals surface area contributed by atoms with Crippen LogP contribution in [0.5, 0.6) is 0 Å². The number of aromatic nitrogens is 1. The van der Waals surface area contributed by atoms with Crippen molar-refractivity contribution in [3.8, 4) is 0 Å². The molecule has 0 aliphatic carbocycles. The van der Waals surface area contributed by atoms with Gasteiger partial charge in [-0.3, -0.25) is 9.88 Å². The van der Waals surface area contributed by atoms with Crippen LogP contribution in [0.1, 0.15) is 11.8 Å². The van der Waals surface area contributed by atoms with Crippen molar-refractivity contribution in [2.45, 2.75) is 17.6 Å². The highest BCUT2D eigenvalue weighted by atomic mass is 32.2. The molecule has 6 heteroatoms. The third-order valence-corrected chi connectivity index (χ3v) is 5.62. The Morgan fingerprint density at radius 3 is 3.00 bits per heavy atom. The second-order valence-electron chi connectivity index (χ2n) is 4.41. The first kappa shape index (κ1) is 13.5. The Hall–Kier alpha value is -1.53. The van der Waals surface area contributed by atoms with Gasteiger partial charge >= 0.3 is 6.03 Å². The van der Waals surface area contributed by atoms with E-state index in [-0.39, 0.29) is 6.03 Å². The Balaban J connectivity index is 1.81. The minimum Gasteiger partial charge on any atom is -0.307 e. The quantitative estimate of drug-likeness (QED) is 0.916. The molecule has 0 spiro atoms. The highest BCUT2D eigenvalue weighted by Gasteiger charge is 2.25. The van der Waals surface area contributed by atoms with Crippen molar-refractivity contribution in [2.24, 2.45) is 0 Å². The van der Waals surface area contributed by atoms with Crippen LogP contribution in [0, 0.1) is 0 Å². The molecule has 3 heterocycles. The van der Waals surface area contributed by atoms with E-state index in [0.29, 0.717) is 0 Å². The monoisotopic (exact) mass is 305 g/mol. The van der Waals surface area contributed by atoms with Crippen LogP contribution in [0.3, 0.4) is 0 Å². The third kappa shape index (κ3) is 2.66. The first-order valence-electron chi connectivity index (χ1n) is 6.52. The number of thiophene rings is 1. The molecule has 0 bridgehead atoms. The number of nitrogens with one attached hydrogen (secondary N) is 1. The van der Waals surface area contributed by atoms with Gasteiger partial charge in [0.05, 0.1) is 9.90 Å². The van der Waals surface area contributed by atoms with E-state index in [0.717, 1.165) is 30.1 Å². The first-order chi connectivity index (χ1) is 9.78. The molecule has 0 fully saturated rings. The molecule has 0 aromatic carbocycles. The van der Waals surface area contributed by atoms with E-state index in [4.69, 9.17) is 0 Å². The number of rotatable bonds is 2. The lowest BCUT2D eigenvalue weighted by Gasteiger charge is -2.26. The summed E-state index contributed by atoms with van der Waals surface area (Å²) in [4.78, 5) is 19.5. The second kappa shape index (κ2) is 5.85. The molecular weight excluding hydrogens is 290 g/mol. The SMILES string of the molecule is CCc1cc2c(s1)SCCN2C(=O)Nc1ccncc1. The molecular formula is C14H15N3OS2. The fourth-order valence-electron chi connectivity index (χ4n) is 2.07. The van der Waals surface area contributed by atoms with Crippen molar-refractivity contribution in [1.29, 1.82) is 0 Å². The van der Waals surface area contributed by atoms with E-state index in [1.54, 1.807) is 35.9 Å². The number of nitrogens with zero attached hydrogens (tertiary/aromatic N) is 2. The van der Waals surface area contributed by atoms with Crippen molar-refractivity contribution in [3.05, 3.63) is 35.5 Å². The van der Waals surface area contributed by atoms with E-state index >= 15 is 0 Å². The van der Waals surface area contributed by atoms with E-state index in [2.05, 4.69) is 23.3 Å². The number of hydrogen-bond acceptors (Lipinski definition) is 4. The van der Waals surface area contributed by atoms with Crippen molar-refractivity contribution in [2.75, 3.05) is 22.5 Å². The fourth-order valence-corrected chi connectivity index (χ4v) is 4.47. The zero-order valence-electron chi connectivity index (χ0n) is 11.1. The van der Waals surface area contributed by atoms with Crippen LogP contribution in [-0.4, -0.2) is 23.3 Å². The summed E-state index contributed by atoms with van der Waals surface area (Å²) in [6.07, 6.45) is 4.36. The smallest absolute Gasteiger partial charge is 0.307 e. The van der Waals surface area contributed by atoms with Gasteiger partial charge in [0.2, 0.25) is 0 Å². The van der Waals surface area contributed by atoms with Crippen LogP contribution in [-0.2, 0) is 6.42 Å². The summed E-state index contributed by atoms with van der Waals surface area (Å²) >= 11 is 3.63. The predicted molar refractivity (Wildman–Crippen MR) is 85.0 cm³/mol. The Morgan fingerprint density at radius 2 is 2.25 bits per heavy atom. The molecule has 104 valence electrons. The van der Waals surface area contributed by atoms with Crippen LogP contribution in [0.25, 0.3) is 0 Å². The number of carbonyl (C=O) groups excluding carboxylic acids is 1. The Kier molecular flexibility index (Phi) is 3.93. The van der Waals surface area contributed by atoms with Crippen LogP contribution < -0.4 is 10.2 Å². The molecule has 3 rings (SSSR count). The Morgan fingerprint density at radius 1 is 1.45 bits per heavy atom. The van der Waals surface area contributed by atoms with Gasteiger partial charge in [0.1, 0.15) is 0 Å². The summed E-state index contributed by atoms with van der Waals surface area (Å²) in [6.45, 7) is 2.89. The van der Waals surface area contributed by atoms with Crippen LogP contribution >= 0.6 is 23.1 Å². The molecule has 2 aromatic heterocycles. The minimum atomic E-state index is -0.0711. The van der Waals surface area contributed by atoms with Gasteiger partial charge in [-0.1, -0.05) is 6.92 Å². The van der Waals surface area contributed by atoms with Crippen molar-refractivity contribution in [1.82, 2.24) is 4.98 Å². The average Bonchev–Trinajstić information content (AvgIpc) is 2.91. The van der Waals surface area contributed by atoms with Crippen molar-refractivity contribution in [3.63, 3.8) is 0 Å². The number of aryl methyl sites for hydroxylation is 1. The number of amides is 2. The van der Waals surface area contributed by atoms with Gasteiger partial charge in [-0.05, 0) is 24.6 Å². The van der Waals surface area contributed by atoms with Gasteiger partial charge < -0.3 is 5.32 Å². The molecule has 0 radical (unpaired) electrons. The minimum absolute atomic E-state index is 0.0711. The Bertz CT molecular complexity index is 612. The number of urea groups is 1. The molecule has 1 N–H and O–H groups in total. The van der Waals surface area contributed by atoms with Crippen molar-refractivity contribution < 1.29 is 4.79 Å². The molecule has 0 unspecified atom stereocenters. The molecule has 1 aliphatic heterocycles. The summed E-state index contributed by atoms with van der Waals surface area (Å²) < 4.78 is 1.25. The summed E-state index contributed by atoms with van der Waals surface area (Å²) in [7, 11) is 0. The molecule has 0 saturated carbocycles. The van der Waals surface area contributed by atoms with E-state index < -0.39 is 0 Å². The first-order valence-corrected chi connectivity index (χ1v) is 8.32. The van der Waals surface area contributed by atoms with Crippen molar-refractivity contribution >= 4 is 40.5 Å². The lowest BCUT2D eigenvalue weighted by molar-refractivity contribution is 0.257. The van der Waals surface area contributed by atoms with Gasteiger partial charge in [-0.15, -0.1) is 23.1 Å². The maximum absolute atomic E-state index is 12.4. The fraction of sp³-hybridized carbons (Fsp3) is 0.286. The van der Waals surface area contributed by atoms with E-state index in [9.17, 15) is 4.79 Å². The second-order valence-corrected chi connectivity index (χ2v) is 6.91. The average molecular weight is 305 g/mol.